The van der Waals surface area contributed by atoms with Gasteiger partial charge in [-0.3, -0.25) is 9.48 Å². The zero-order valence-corrected chi connectivity index (χ0v) is 16.5. The molecule has 1 amide bonds. The molecule has 1 fully saturated rings. The van der Waals surface area contributed by atoms with Gasteiger partial charge in [-0.15, -0.1) is 0 Å². The topological polar surface area (TPSA) is 81.9 Å². The van der Waals surface area contributed by atoms with E-state index in [4.69, 9.17) is 4.74 Å². The molecule has 3 aromatic rings. The second kappa shape index (κ2) is 7.58. The van der Waals surface area contributed by atoms with Crippen molar-refractivity contribution in [2.75, 3.05) is 11.9 Å². The molecular weight excluding hydrogens is 399 g/mol. The van der Waals surface area contributed by atoms with Crippen molar-refractivity contribution >= 4 is 22.6 Å². The van der Waals surface area contributed by atoms with Crippen LogP contribution >= 0.6 is 0 Å². The number of aryl methyl sites for hydroxylation is 2. The minimum atomic E-state index is -4.42. The number of nitrogens with zero attached hydrogens (tertiary/aromatic N) is 4. The summed E-state index contributed by atoms with van der Waals surface area (Å²) in [5.74, 6) is 0.465. The van der Waals surface area contributed by atoms with E-state index >= 15 is 0 Å². The largest absolute Gasteiger partial charge is 0.468 e. The number of anilines is 1. The number of amides is 1. The Kier molecular flexibility index (Phi) is 5.08. The van der Waals surface area contributed by atoms with Gasteiger partial charge in [0, 0.05) is 29.6 Å². The first-order valence-electron chi connectivity index (χ1n) is 9.49. The van der Waals surface area contributed by atoms with Gasteiger partial charge in [-0.05, 0) is 44.4 Å². The highest BCUT2D eigenvalue weighted by Crippen LogP contribution is 2.32. The van der Waals surface area contributed by atoms with E-state index in [1.807, 2.05) is 6.92 Å². The van der Waals surface area contributed by atoms with Gasteiger partial charge in [0.2, 0.25) is 11.8 Å². The molecule has 10 heteroatoms. The molecule has 0 bridgehead atoms. The third kappa shape index (κ3) is 4.37. The number of carbonyl (C=O) groups is 1. The maximum atomic E-state index is 12.3. The van der Waals surface area contributed by atoms with E-state index in [1.54, 1.807) is 29.9 Å². The van der Waals surface area contributed by atoms with Crippen LogP contribution in [-0.2, 0) is 11.3 Å². The Bertz CT molecular complexity index is 1110. The molecule has 4 rings (SSSR count). The Morgan fingerprint density at radius 3 is 2.73 bits per heavy atom. The van der Waals surface area contributed by atoms with Crippen LogP contribution in [0.25, 0.3) is 10.9 Å². The van der Waals surface area contributed by atoms with Gasteiger partial charge in [-0.1, -0.05) is 0 Å². The van der Waals surface area contributed by atoms with E-state index in [-0.39, 0.29) is 17.7 Å². The number of hydrogen-bond acceptors (Lipinski definition) is 5. The molecule has 3 aromatic heterocycles. The average molecular weight is 419 g/mol. The van der Waals surface area contributed by atoms with E-state index in [0.717, 1.165) is 29.5 Å². The first-order valence-corrected chi connectivity index (χ1v) is 9.49. The van der Waals surface area contributed by atoms with Crippen molar-refractivity contribution in [1.29, 1.82) is 0 Å². The Morgan fingerprint density at radius 2 is 2.07 bits per heavy atom. The molecular formula is C20H20F3N5O2. The summed E-state index contributed by atoms with van der Waals surface area (Å²) in [5.41, 5.74) is 2.78. The van der Waals surface area contributed by atoms with E-state index in [1.165, 1.54) is 6.20 Å². The van der Waals surface area contributed by atoms with Crippen LogP contribution in [0.4, 0.5) is 19.0 Å². The van der Waals surface area contributed by atoms with Crippen LogP contribution in [0, 0.1) is 19.8 Å². The number of aromatic nitrogens is 4. The van der Waals surface area contributed by atoms with Gasteiger partial charge in [0.15, 0.2) is 6.61 Å². The van der Waals surface area contributed by atoms with Gasteiger partial charge in [0.05, 0.1) is 17.4 Å². The van der Waals surface area contributed by atoms with Crippen molar-refractivity contribution in [2.24, 2.45) is 5.92 Å². The van der Waals surface area contributed by atoms with Crippen LogP contribution < -0.4 is 10.1 Å². The summed E-state index contributed by atoms with van der Waals surface area (Å²) in [4.78, 5) is 20.5. The van der Waals surface area contributed by atoms with E-state index in [2.05, 4.69) is 20.4 Å². The molecule has 7 nitrogen and oxygen atoms in total. The van der Waals surface area contributed by atoms with Crippen molar-refractivity contribution in [1.82, 2.24) is 19.7 Å². The second-order valence-electron chi connectivity index (χ2n) is 7.43. The lowest BCUT2D eigenvalue weighted by atomic mass is 10.2. The average Bonchev–Trinajstić information content (AvgIpc) is 3.47. The number of nitrogens with one attached hydrogen (secondary N) is 1. The molecule has 0 unspecified atom stereocenters. The zero-order valence-electron chi connectivity index (χ0n) is 16.5. The number of rotatable bonds is 6. The molecule has 30 heavy (non-hydrogen) atoms. The van der Waals surface area contributed by atoms with E-state index in [0.29, 0.717) is 23.4 Å². The summed E-state index contributed by atoms with van der Waals surface area (Å²) in [6.07, 6.45) is 0.447. The summed E-state index contributed by atoms with van der Waals surface area (Å²) in [5, 5.41) is 8.22. The number of alkyl halides is 3. The van der Waals surface area contributed by atoms with E-state index < -0.39 is 12.8 Å². The minimum Gasteiger partial charge on any atom is -0.468 e. The predicted octanol–water partition coefficient (Wildman–Crippen LogP) is 3.78. The highest BCUT2D eigenvalue weighted by Gasteiger charge is 2.30. The van der Waals surface area contributed by atoms with Crippen molar-refractivity contribution in [3.05, 3.63) is 41.3 Å². The molecule has 0 aromatic carbocycles. The lowest BCUT2D eigenvalue weighted by molar-refractivity contribution is -0.154. The van der Waals surface area contributed by atoms with Crippen LogP contribution in [0.1, 0.15) is 29.7 Å². The van der Waals surface area contributed by atoms with Crippen molar-refractivity contribution in [3.63, 3.8) is 0 Å². The number of hydrogen-bond donors (Lipinski definition) is 1. The number of halogens is 3. The molecule has 1 aliphatic carbocycles. The fraction of sp³-hybridized carbons (Fsp3) is 0.400. The standard InChI is InChI=1S/C20H20F3N5O2/c1-11-7-13(8-25-19(11)30-10-20(21,22)23)9-28-12(2)16-15(27-28)5-6-24-17(16)26-18(29)14-3-4-14/h5-8,14H,3-4,9-10H2,1-2H3,(H,24,26,29). The number of carbonyl (C=O) groups excluding carboxylic acids is 1. The van der Waals surface area contributed by atoms with Crippen LogP contribution in [-0.4, -0.2) is 38.4 Å². The molecule has 1 saturated carbocycles. The summed E-state index contributed by atoms with van der Waals surface area (Å²) in [7, 11) is 0. The molecule has 1 aliphatic rings. The van der Waals surface area contributed by atoms with Crippen LogP contribution in [0.2, 0.25) is 0 Å². The zero-order chi connectivity index (χ0) is 21.5. The predicted molar refractivity (Wildman–Crippen MR) is 103 cm³/mol. The molecule has 0 radical (unpaired) electrons. The molecule has 0 spiro atoms. The lowest BCUT2D eigenvalue weighted by Gasteiger charge is -2.12. The number of pyridine rings is 2. The van der Waals surface area contributed by atoms with Gasteiger partial charge < -0.3 is 10.1 Å². The van der Waals surface area contributed by atoms with Gasteiger partial charge in [0.25, 0.3) is 0 Å². The Balaban J connectivity index is 1.56. The fourth-order valence-corrected chi connectivity index (χ4v) is 3.22. The fourth-order valence-electron chi connectivity index (χ4n) is 3.22. The SMILES string of the molecule is Cc1cc(Cn2nc3ccnc(NC(=O)C4CC4)c3c2C)cnc1OCC(F)(F)F. The van der Waals surface area contributed by atoms with E-state index in [9.17, 15) is 18.0 Å². The third-order valence-corrected chi connectivity index (χ3v) is 4.89. The quantitative estimate of drug-likeness (QED) is 0.658. The smallest absolute Gasteiger partial charge is 0.422 e. The highest BCUT2D eigenvalue weighted by atomic mass is 19.4. The van der Waals surface area contributed by atoms with Gasteiger partial charge in [-0.2, -0.15) is 18.3 Å². The maximum Gasteiger partial charge on any atom is 0.422 e. The summed E-state index contributed by atoms with van der Waals surface area (Å²) in [6.45, 7) is 2.51. The highest BCUT2D eigenvalue weighted by molar-refractivity contribution is 6.01. The normalized spacial score (nSPS) is 14.2. The Morgan fingerprint density at radius 1 is 1.30 bits per heavy atom. The van der Waals surface area contributed by atoms with Gasteiger partial charge in [0.1, 0.15) is 5.82 Å². The minimum absolute atomic E-state index is 0.0311. The van der Waals surface area contributed by atoms with Crippen LogP contribution in [0.3, 0.4) is 0 Å². The molecule has 0 saturated heterocycles. The molecule has 1 N–H and O–H groups in total. The monoisotopic (exact) mass is 419 g/mol. The molecule has 0 aliphatic heterocycles. The van der Waals surface area contributed by atoms with Crippen LogP contribution in [0.15, 0.2) is 24.5 Å². The number of fused-ring (bicyclic) bond motifs is 1. The summed E-state index contributed by atoms with van der Waals surface area (Å²) < 4.78 is 43.6. The first kappa shape index (κ1) is 20.1. The second-order valence-corrected chi connectivity index (χ2v) is 7.43. The van der Waals surface area contributed by atoms with Gasteiger partial charge in [-0.25, -0.2) is 9.97 Å². The Hall–Kier alpha value is -3.17. The number of ether oxygens (including phenoxy) is 1. The van der Waals surface area contributed by atoms with Crippen molar-refractivity contribution < 1.29 is 22.7 Å². The maximum absolute atomic E-state index is 12.3. The third-order valence-electron chi connectivity index (χ3n) is 4.89. The Labute approximate surface area is 170 Å². The van der Waals surface area contributed by atoms with Gasteiger partial charge >= 0.3 is 6.18 Å². The lowest BCUT2D eigenvalue weighted by Crippen LogP contribution is -2.20. The van der Waals surface area contributed by atoms with Crippen molar-refractivity contribution in [2.45, 2.75) is 39.4 Å². The molecule has 3 heterocycles. The first-order chi connectivity index (χ1) is 14.2. The van der Waals surface area contributed by atoms with Crippen LogP contribution in [0.5, 0.6) is 5.88 Å². The molecule has 0 atom stereocenters. The van der Waals surface area contributed by atoms with Crippen molar-refractivity contribution in [3.8, 4) is 5.88 Å². The summed E-state index contributed by atoms with van der Waals surface area (Å²) >= 11 is 0. The summed E-state index contributed by atoms with van der Waals surface area (Å²) in [6, 6.07) is 3.49. The molecule has 158 valence electrons.